The molecule has 1 aromatic carbocycles. The number of nitrogens with two attached hydrogens (primary N) is 1. The van der Waals surface area contributed by atoms with Gasteiger partial charge >= 0.3 is 0 Å². The molecule has 0 saturated carbocycles. The van der Waals surface area contributed by atoms with Crippen molar-refractivity contribution in [2.24, 2.45) is 0 Å². The Kier molecular flexibility index (Phi) is 2.91. The maximum atomic E-state index is 10.9. The number of nitrogens with zero attached hydrogens (tertiary/aromatic N) is 2. The summed E-state index contributed by atoms with van der Waals surface area (Å²) in [4.78, 5) is 12.6. The van der Waals surface area contributed by atoms with Crippen molar-refractivity contribution >= 4 is 17.1 Å². The van der Waals surface area contributed by atoms with Crippen molar-refractivity contribution in [1.29, 1.82) is 0 Å². The molecule has 0 amide bonds. The first-order valence-corrected chi connectivity index (χ1v) is 5.18. The molecule has 6 nitrogen and oxygen atoms in total. The molecule has 16 heavy (non-hydrogen) atoms. The SMILES string of the molecule is Nc1ccc(N2CCNCC2)c([N+](=O)[O-])c1. The number of benzene rings is 1. The second-order valence-corrected chi connectivity index (χ2v) is 3.74. The lowest BCUT2D eigenvalue weighted by Crippen LogP contribution is -2.43. The zero-order valence-electron chi connectivity index (χ0n) is 8.85. The van der Waals surface area contributed by atoms with Gasteiger partial charge in [-0.2, -0.15) is 0 Å². The van der Waals surface area contributed by atoms with Crippen molar-refractivity contribution in [2.45, 2.75) is 0 Å². The molecular formula is C10H14N4O2. The molecule has 1 aliphatic heterocycles. The zero-order chi connectivity index (χ0) is 11.5. The first kappa shape index (κ1) is 10.7. The highest BCUT2D eigenvalue weighted by Gasteiger charge is 2.20. The molecule has 1 aliphatic rings. The highest BCUT2D eigenvalue weighted by atomic mass is 16.6. The van der Waals surface area contributed by atoms with Gasteiger partial charge in [-0.3, -0.25) is 10.1 Å². The van der Waals surface area contributed by atoms with E-state index in [-0.39, 0.29) is 10.6 Å². The number of nitrogen functional groups attached to an aromatic ring is 1. The van der Waals surface area contributed by atoms with Crippen LogP contribution in [0.3, 0.4) is 0 Å². The summed E-state index contributed by atoms with van der Waals surface area (Å²) in [6.07, 6.45) is 0. The van der Waals surface area contributed by atoms with Crippen molar-refractivity contribution < 1.29 is 4.92 Å². The Labute approximate surface area is 93.2 Å². The van der Waals surface area contributed by atoms with E-state index in [1.165, 1.54) is 6.07 Å². The predicted molar refractivity (Wildman–Crippen MR) is 62.6 cm³/mol. The minimum Gasteiger partial charge on any atom is -0.399 e. The number of nitro benzene ring substituents is 1. The van der Waals surface area contributed by atoms with Crippen LogP contribution in [0.25, 0.3) is 0 Å². The third kappa shape index (κ3) is 2.06. The molecule has 0 atom stereocenters. The molecule has 1 fully saturated rings. The summed E-state index contributed by atoms with van der Waals surface area (Å²) in [5, 5.41) is 14.1. The van der Waals surface area contributed by atoms with Crippen LogP contribution in [-0.2, 0) is 0 Å². The number of nitrogens with one attached hydrogen (secondary N) is 1. The lowest BCUT2D eigenvalue weighted by molar-refractivity contribution is -0.384. The number of hydrogen-bond acceptors (Lipinski definition) is 5. The van der Waals surface area contributed by atoms with Crippen LogP contribution < -0.4 is 16.0 Å². The van der Waals surface area contributed by atoms with Gasteiger partial charge in [0.1, 0.15) is 5.69 Å². The van der Waals surface area contributed by atoms with E-state index in [4.69, 9.17) is 5.73 Å². The minimum atomic E-state index is -0.381. The Morgan fingerprint density at radius 2 is 2.06 bits per heavy atom. The number of piperazine rings is 1. The highest BCUT2D eigenvalue weighted by Crippen LogP contribution is 2.30. The number of rotatable bonds is 2. The largest absolute Gasteiger partial charge is 0.399 e. The van der Waals surface area contributed by atoms with Crippen LogP contribution >= 0.6 is 0 Å². The summed E-state index contributed by atoms with van der Waals surface area (Å²) < 4.78 is 0. The lowest BCUT2D eigenvalue weighted by Gasteiger charge is -2.29. The van der Waals surface area contributed by atoms with Crippen LogP contribution in [0.15, 0.2) is 18.2 Å². The van der Waals surface area contributed by atoms with Gasteiger partial charge in [-0.25, -0.2) is 0 Å². The van der Waals surface area contributed by atoms with Gasteiger partial charge in [-0.1, -0.05) is 0 Å². The maximum Gasteiger partial charge on any atom is 0.294 e. The fourth-order valence-electron chi connectivity index (χ4n) is 1.86. The van der Waals surface area contributed by atoms with Gasteiger partial charge in [0, 0.05) is 37.9 Å². The Hall–Kier alpha value is -1.82. The van der Waals surface area contributed by atoms with Crippen molar-refractivity contribution in [3.05, 3.63) is 28.3 Å². The average Bonchev–Trinajstić information content (AvgIpc) is 2.30. The average molecular weight is 222 g/mol. The molecule has 0 aliphatic carbocycles. The summed E-state index contributed by atoms with van der Waals surface area (Å²) in [6, 6.07) is 4.83. The quantitative estimate of drug-likeness (QED) is 0.434. The van der Waals surface area contributed by atoms with Crippen molar-refractivity contribution in [3.63, 3.8) is 0 Å². The molecule has 0 aromatic heterocycles. The summed E-state index contributed by atoms with van der Waals surface area (Å²) in [5.74, 6) is 0. The van der Waals surface area contributed by atoms with E-state index in [0.717, 1.165) is 26.2 Å². The number of nitro groups is 1. The second-order valence-electron chi connectivity index (χ2n) is 3.74. The third-order valence-corrected chi connectivity index (χ3v) is 2.65. The Bertz CT molecular complexity index is 402. The summed E-state index contributed by atoms with van der Waals surface area (Å²) in [5.41, 5.74) is 6.72. The van der Waals surface area contributed by atoms with Gasteiger partial charge in [0.15, 0.2) is 0 Å². The predicted octanol–water partition coefficient (Wildman–Crippen LogP) is 0.587. The molecule has 1 saturated heterocycles. The van der Waals surface area contributed by atoms with Gasteiger partial charge in [0.25, 0.3) is 5.69 Å². The van der Waals surface area contributed by atoms with Crippen LogP contribution in [0.2, 0.25) is 0 Å². The fraction of sp³-hybridized carbons (Fsp3) is 0.400. The second kappa shape index (κ2) is 4.36. The monoisotopic (exact) mass is 222 g/mol. The van der Waals surface area contributed by atoms with E-state index in [9.17, 15) is 10.1 Å². The molecule has 1 heterocycles. The molecule has 0 spiro atoms. The van der Waals surface area contributed by atoms with E-state index >= 15 is 0 Å². The normalized spacial score (nSPS) is 16.1. The van der Waals surface area contributed by atoms with Crippen LogP contribution in [0.5, 0.6) is 0 Å². The van der Waals surface area contributed by atoms with Gasteiger partial charge in [-0.05, 0) is 12.1 Å². The molecular weight excluding hydrogens is 208 g/mol. The number of anilines is 2. The third-order valence-electron chi connectivity index (χ3n) is 2.65. The topological polar surface area (TPSA) is 84.4 Å². The highest BCUT2D eigenvalue weighted by molar-refractivity contribution is 5.68. The summed E-state index contributed by atoms with van der Waals surface area (Å²) in [7, 11) is 0. The first-order chi connectivity index (χ1) is 7.68. The molecule has 0 bridgehead atoms. The molecule has 86 valence electrons. The van der Waals surface area contributed by atoms with Crippen LogP contribution in [0.4, 0.5) is 17.1 Å². The Morgan fingerprint density at radius 3 is 2.69 bits per heavy atom. The van der Waals surface area contributed by atoms with Crippen LogP contribution in [0, 0.1) is 10.1 Å². The minimum absolute atomic E-state index is 0.0851. The molecule has 1 aromatic rings. The van der Waals surface area contributed by atoms with Gasteiger partial charge in [0.05, 0.1) is 4.92 Å². The van der Waals surface area contributed by atoms with Crippen molar-refractivity contribution in [1.82, 2.24) is 5.32 Å². The molecule has 0 radical (unpaired) electrons. The van der Waals surface area contributed by atoms with E-state index in [1.54, 1.807) is 12.1 Å². The lowest BCUT2D eigenvalue weighted by atomic mass is 10.2. The van der Waals surface area contributed by atoms with Crippen LogP contribution in [-0.4, -0.2) is 31.1 Å². The van der Waals surface area contributed by atoms with E-state index in [2.05, 4.69) is 5.32 Å². The summed E-state index contributed by atoms with van der Waals surface area (Å²) in [6.45, 7) is 3.26. The van der Waals surface area contributed by atoms with E-state index in [1.807, 2.05) is 4.90 Å². The van der Waals surface area contributed by atoms with E-state index in [0.29, 0.717) is 11.4 Å². The first-order valence-electron chi connectivity index (χ1n) is 5.18. The van der Waals surface area contributed by atoms with Crippen LogP contribution in [0.1, 0.15) is 0 Å². The standard InChI is InChI=1S/C10H14N4O2/c11-8-1-2-9(10(7-8)14(15)16)13-5-3-12-4-6-13/h1-2,7,12H,3-6,11H2. The molecule has 6 heteroatoms. The van der Waals surface area contributed by atoms with Gasteiger partial charge in [0.2, 0.25) is 0 Å². The Balaban J connectivity index is 2.34. The smallest absolute Gasteiger partial charge is 0.294 e. The summed E-state index contributed by atoms with van der Waals surface area (Å²) >= 11 is 0. The van der Waals surface area contributed by atoms with Crippen molar-refractivity contribution in [3.8, 4) is 0 Å². The molecule has 0 unspecified atom stereocenters. The van der Waals surface area contributed by atoms with Gasteiger partial charge in [-0.15, -0.1) is 0 Å². The fourth-order valence-corrected chi connectivity index (χ4v) is 1.86. The van der Waals surface area contributed by atoms with Crippen molar-refractivity contribution in [2.75, 3.05) is 36.8 Å². The molecule has 2 rings (SSSR count). The van der Waals surface area contributed by atoms with E-state index < -0.39 is 0 Å². The maximum absolute atomic E-state index is 10.9. The molecule has 3 N–H and O–H groups in total. The van der Waals surface area contributed by atoms with Gasteiger partial charge < -0.3 is 16.0 Å². The number of hydrogen-bond donors (Lipinski definition) is 2. The zero-order valence-corrected chi connectivity index (χ0v) is 8.85. The Morgan fingerprint density at radius 1 is 1.38 bits per heavy atom.